The summed E-state index contributed by atoms with van der Waals surface area (Å²) in [5.41, 5.74) is 4.83. The van der Waals surface area contributed by atoms with Gasteiger partial charge in [0.2, 0.25) is 0 Å². The molecule has 6 nitrogen and oxygen atoms in total. The molecule has 29 heavy (non-hydrogen) atoms. The maximum Gasteiger partial charge on any atom is 0.161 e. The molecular weight excluding hydrogens is 366 g/mol. The molecule has 2 aromatic carbocycles. The Balaban J connectivity index is 1.81. The lowest BCUT2D eigenvalue weighted by Crippen LogP contribution is -2.43. The number of benzene rings is 2. The maximum atomic E-state index is 10.5. The van der Waals surface area contributed by atoms with Gasteiger partial charge in [0.15, 0.2) is 11.5 Å². The first-order chi connectivity index (χ1) is 14.2. The predicted octanol–water partition coefficient (Wildman–Crippen LogP) is 2.71. The molecular formula is C23H29N3O3. The lowest BCUT2D eigenvalue weighted by atomic mass is 9.92. The third-order valence-electron chi connectivity index (χ3n) is 5.74. The summed E-state index contributed by atoms with van der Waals surface area (Å²) in [6, 6.07) is 14.5. The van der Waals surface area contributed by atoms with Crippen LogP contribution in [0, 0.1) is 0 Å². The smallest absolute Gasteiger partial charge is 0.161 e. The van der Waals surface area contributed by atoms with Crippen molar-refractivity contribution in [3.05, 3.63) is 59.3 Å². The van der Waals surface area contributed by atoms with Crippen molar-refractivity contribution in [1.29, 1.82) is 0 Å². The van der Waals surface area contributed by atoms with E-state index in [4.69, 9.17) is 9.47 Å². The summed E-state index contributed by atoms with van der Waals surface area (Å²) in [5, 5.41) is 14.8. The number of aromatic amines is 1. The summed E-state index contributed by atoms with van der Waals surface area (Å²) in [7, 11) is 5.17. The van der Waals surface area contributed by atoms with E-state index in [0.29, 0.717) is 24.6 Å². The second-order valence-corrected chi connectivity index (χ2v) is 7.54. The minimum atomic E-state index is -0.437. The number of hydrogen-bond donors (Lipinski definition) is 3. The van der Waals surface area contributed by atoms with Crippen LogP contribution in [0.5, 0.6) is 11.5 Å². The monoisotopic (exact) mass is 395 g/mol. The van der Waals surface area contributed by atoms with Crippen LogP contribution in [0.3, 0.4) is 0 Å². The van der Waals surface area contributed by atoms with Crippen LogP contribution in [0.2, 0.25) is 0 Å². The van der Waals surface area contributed by atoms with Gasteiger partial charge in [0.05, 0.1) is 26.4 Å². The number of hydrogen-bond acceptors (Lipinski definition) is 5. The van der Waals surface area contributed by atoms with E-state index in [0.717, 1.165) is 24.0 Å². The van der Waals surface area contributed by atoms with E-state index in [2.05, 4.69) is 45.5 Å². The third kappa shape index (κ3) is 3.71. The molecule has 2 atom stereocenters. The van der Waals surface area contributed by atoms with Gasteiger partial charge >= 0.3 is 0 Å². The van der Waals surface area contributed by atoms with Crippen LogP contribution < -0.4 is 14.8 Å². The first kappa shape index (κ1) is 19.8. The average Bonchev–Trinajstić information content (AvgIpc) is 3.12. The number of β-amino-alcohol motifs (C(OH)–C–C–N with tert-alkyl or cyclic N) is 1. The molecule has 1 aromatic heterocycles. The number of aromatic nitrogens is 1. The summed E-state index contributed by atoms with van der Waals surface area (Å²) >= 11 is 0. The van der Waals surface area contributed by atoms with Crippen molar-refractivity contribution >= 4 is 10.9 Å². The molecule has 1 aliphatic heterocycles. The Hall–Kier alpha value is -2.54. The average molecular weight is 396 g/mol. The summed E-state index contributed by atoms with van der Waals surface area (Å²) < 4.78 is 11.0. The lowest BCUT2D eigenvalue weighted by Gasteiger charge is -2.37. The highest BCUT2D eigenvalue weighted by atomic mass is 16.5. The molecule has 6 heteroatoms. The molecule has 0 saturated carbocycles. The molecule has 2 heterocycles. The molecule has 0 saturated heterocycles. The van der Waals surface area contributed by atoms with E-state index >= 15 is 0 Å². The normalized spacial score (nSPS) is 17.9. The zero-order chi connectivity index (χ0) is 20.4. The van der Waals surface area contributed by atoms with Crippen molar-refractivity contribution in [2.75, 3.05) is 40.9 Å². The highest BCUT2D eigenvalue weighted by Crippen LogP contribution is 2.40. The number of fused-ring (bicyclic) bond motifs is 3. The van der Waals surface area contributed by atoms with E-state index in [-0.39, 0.29) is 6.04 Å². The molecule has 0 amide bonds. The zero-order valence-electron chi connectivity index (χ0n) is 17.2. The number of aliphatic hydroxyl groups is 1. The quantitative estimate of drug-likeness (QED) is 0.574. The largest absolute Gasteiger partial charge is 0.493 e. The van der Waals surface area contributed by atoms with E-state index in [1.165, 1.54) is 16.6 Å². The standard InChI is InChI=1S/C23H29N3O3/c1-24-13-16(27)14-26-11-10-18-17-6-4-5-7-19(17)25-22(18)23(26)15-8-9-20(28-2)21(12-15)29-3/h4-9,12,16,23-25,27H,10-11,13-14H2,1-3H3. The van der Waals surface area contributed by atoms with Gasteiger partial charge < -0.3 is 24.9 Å². The molecule has 0 fully saturated rings. The van der Waals surface area contributed by atoms with Gasteiger partial charge in [-0.15, -0.1) is 0 Å². The lowest BCUT2D eigenvalue weighted by molar-refractivity contribution is 0.0919. The second kappa shape index (κ2) is 8.45. The van der Waals surface area contributed by atoms with E-state index in [9.17, 15) is 5.11 Å². The number of aliphatic hydroxyl groups excluding tert-OH is 1. The fourth-order valence-electron chi connectivity index (χ4n) is 4.46. The highest BCUT2D eigenvalue weighted by molar-refractivity contribution is 5.85. The Morgan fingerprint density at radius 1 is 1.17 bits per heavy atom. The molecule has 0 bridgehead atoms. The zero-order valence-corrected chi connectivity index (χ0v) is 17.2. The van der Waals surface area contributed by atoms with Crippen LogP contribution >= 0.6 is 0 Å². The van der Waals surface area contributed by atoms with Gasteiger partial charge in [-0.05, 0) is 42.8 Å². The third-order valence-corrected chi connectivity index (χ3v) is 5.74. The predicted molar refractivity (Wildman–Crippen MR) is 115 cm³/mol. The van der Waals surface area contributed by atoms with E-state index in [1.807, 2.05) is 19.2 Å². The first-order valence-electron chi connectivity index (χ1n) is 10.0. The minimum Gasteiger partial charge on any atom is -0.493 e. The number of para-hydroxylation sites is 1. The summed E-state index contributed by atoms with van der Waals surface area (Å²) in [6.45, 7) is 2.04. The van der Waals surface area contributed by atoms with Crippen molar-refractivity contribution in [3.63, 3.8) is 0 Å². The van der Waals surface area contributed by atoms with Crippen LogP contribution in [0.25, 0.3) is 10.9 Å². The van der Waals surface area contributed by atoms with Gasteiger partial charge in [-0.3, -0.25) is 4.90 Å². The fourth-order valence-corrected chi connectivity index (χ4v) is 4.46. The number of likely N-dealkylation sites (N-methyl/N-ethyl adjacent to an activating group) is 1. The summed E-state index contributed by atoms with van der Waals surface area (Å²) in [4.78, 5) is 6.00. The van der Waals surface area contributed by atoms with Gasteiger partial charge in [-0.25, -0.2) is 0 Å². The van der Waals surface area contributed by atoms with Crippen molar-refractivity contribution in [2.45, 2.75) is 18.6 Å². The summed E-state index contributed by atoms with van der Waals surface area (Å²) in [5.74, 6) is 1.43. The summed E-state index contributed by atoms with van der Waals surface area (Å²) in [6.07, 6.45) is 0.517. The van der Waals surface area contributed by atoms with Gasteiger partial charge in [-0.1, -0.05) is 24.3 Å². The van der Waals surface area contributed by atoms with Crippen LogP contribution in [0.15, 0.2) is 42.5 Å². The van der Waals surface area contributed by atoms with Crippen molar-refractivity contribution in [2.24, 2.45) is 0 Å². The van der Waals surface area contributed by atoms with Crippen molar-refractivity contribution in [1.82, 2.24) is 15.2 Å². The SMILES string of the molecule is CNCC(O)CN1CCc2c([nH]c3ccccc23)C1c1ccc(OC)c(OC)c1. The van der Waals surface area contributed by atoms with Gasteiger partial charge in [-0.2, -0.15) is 0 Å². The van der Waals surface area contributed by atoms with Gasteiger partial charge in [0.25, 0.3) is 0 Å². The number of H-pyrrole nitrogens is 1. The highest BCUT2D eigenvalue weighted by Gasteiger charge is 2.33. The molecule has 0 aliphatic carbocycles. The molecule has 4 rings (SSSR count). The molecule has 0 spiro atoms. The van der Waals surface area contributed by atoms with Crippen LogP contribution in [-0.4, -0.2) is 62.0 Å². The fraction of sp³-hybridized carbons (Fsp3) is 0.391. The van der Waals surface area contributed by atoms with Gasteiger partial charge in [0, 0.05) is 36.2 Å². The van der Waals surface area contributed by atoms with Crippen molar-refractivity contribution < 1.29 is 14.6 Å². The Morgan fingerprint density at radius 3 is 2.72 bits per heavy atom. The molecule has 0 radical (unpaired) electrons. The Labute approximate surface area is 171 Å². The Kier molecular flexibility index (Phi) is 5.76. The number of nitrogens with one attached hydrogen (secondary N) is 2. The maximum absolute atomic E-state index is 10.5. The van der Waals surface area contributed by atoms with Crippen LogP contribution in [0.1, 0.15) is 22.9 Å². The van der Waals surface area contributed by atoms with Gasteiger partial charge in [0.1, 0.15) is 0 Å². The number of rotatable bonds is 7. The number of ether oxygens (including phenoxy) is 2. The topological polar surface area (TPSA) is 69.8 Å². The molecule has 1 aliphatic rings. The van der Waals surface area contributed by atoms with E-state index < -0.39 is 6.10 Å². The van der Waals surface area contributed by atoms with Crippen molar-refractivity contribution in [3.8, 4) is 11.5 Å². The second-order valence-electron chi connectivity index (χ2n) is 7.54. The Bertz CT molecular complexity index is 985. The molecule has 3 N–H and O–H groups in total. The molecule has 154 valence electrons. The number of methoxy groups -OCH3 is 2. The van der Waals surface area contributed by atoms with E-state index in [1.54, 1.807) is 14.2 Å². The minimum absolute atomic E-state index is 0.0115. The van der Waals surface area contributed by atoms with Crippen LogP contribution in [-0.2, 0) is 6.42 Å². The Morgan fingerprint density at radius 2 is 1.97 bits per heavy atom. The number of nitrogens with zero attached hydrogens (tertiary/aromatic N) is 1. The molecule has 3 aromatic rings. The molecule has 2 unspecified atom stereocenters. The van der Waals surface area contributed by atoms with Crippen LogP contribution in [0.4, 0.5) is 0 Å². The first-order valence-corrected chi connectivity index (χ1v) is 10.0.